The molecule has 0 aliphatic carbocycles. The molecule has 0 bridgehead atoms. The largest absolute Gasteiger partial charge is 0.365 e. The van der Waals surface area contributed by atoms with Gasteiger partial charge in [-0.25, -0.2) is 0 Å². The molecule has 3 N–H and O–H groups in total. The van der Waals surface area contributed by atoms with Gasteiger partial charge in [0.1, 0.15) is 6.10 Å². The van der Waals surface area contributed by atoms with Gasteiger partial charge in [0.15, 0.2) is 0 Å². The Labute approximate surface area is 97.9 Å². The lowest BCUT2D eigenvalue weighted by molar-refractivity contribution is -0.132. The minimum atomic E-state index is -0.256. The lowest BCUT2D eigenvalue weighted by Gasteiger charge is -2.23. The van der Waals surface area contributed by atoms with Crippen molar-refractivity contribution in [1.82, 2.24) is 5.32 Å². The maximum atomic E-state index is 11.9. The molecule has 0 saturated carbocycles. The summed E-state index contributed by atoms with van der Waals surface area (Å²) in [5, 5.41) is 3.04. The number of nitrogens with two attached hydrogens (primary N) is 1. The molecule has 1 aliphatic heterocycles. The van der Waals surface area contributed by atoms with Gasteiger partial charge in [0.05, 0.1) is 6.10 Å². The average Bonchev–Trinajstić information content (AvgIpc) is 2.64. The van der Waals surface area contributed by atoms with E-state index in [-0.39, 0.29) is 24.2 Å². The Morgan fingerprint density at radius 2 is 2.19 bits per heavy atom. The third-order valence-corrected chi connectivity index (χ3v) is 3.13. The van der Waals surface area contributed by atoms with Crippen LogP contribution in [0, 0.1) is 5.92 Å². The lowest BCUT2D eigenvalue weighted by atomic mass is 10.0. The van der Waals surface area contributed by atoms with Gasteiger partial charge in [0.2, 0.25) is 5.91 Å². The fourth-order valence-corrected chi connectivity index (χ4v) is 2.02. The monoisotopic (exact) mass is 228 g/mol. The predicted octanol–water partition coefficient (Wildman–Crippen LogP) is 1.04. The summed E-state index contributed by atoms with van der Waals surface area (Å²) in [5.74, 6) is 0.433. The predicted molar refractivity (Wildman–Crippen MR) is 64.0 cm³/mol. The first-order valence-electron chi connectivity index (χ1n) is 6.20. The van der Waals surface area contributed by atoms with E-state index in [1.54, 1.807) is 0 Å². The summed E-state index contributed by atoms with van der Waals surface area (Å²) in [6.45, 7) is 6.80. The van der Waals surface area contributed by atoms with E-state index in [1.807, 2.05) is 6.92 Å². The van der Waals surface area contributed by atoms with Crippen molar-refractivity contribution in [2.45, 2.75) is 58.3 Å². The summed E-state index contributed by atoms with van der Waals surface area (Å²) < 4.78 is 5.54. The van der Waals surface area contributed by atoms with Crippen molar-refractivity contribution in [3.8, 4) is 0 Å². The van der Waals surface area contributed by atoms with Crippen molar-refractivity contribution >= 4 is 5.91 Å². The van der Waals surface area contributed by atoms with Crippen LogP contribution in [-0.2, 0) is 9.53 Å². The van der Waals surface area contributed by atoms with E-state index in [2.05, 4.69) is 19.2 Å². The molecule has 0 aromatic heterocycles. The molecular formula is C12H24N2O2. The molecule has 4 heteroatoms. The molecule has 0 aromatic rings. The van der Waals surface area contributed by atoms with Gasteiger partial charge in [-0.05, 0) is 38.6 Å². The third kappa shape index (κ3) is 3.76. The molecular weight excluding hydrogens is 204 g/mol. The Morgan fingerprint density at radius 1 is 1.50 bits per heavy atom. The Kier molecular flexibility index (Phi) is 5.22. The van der Waals surface area contributed by atoms with Crippen LogP contribution in [0.15, 0.2) is 0 Å². The molecule has 0 radical (unpaired) electrons. The van der Waals surface area contributed by atoms with Crippen molar-refractivity contribution in [2.75, 3.05) is 6.54 Å². The first-order valence-corrected chi connectivity index (χ1v) is 6.20. The first kappa shape index (κ1) is 13.5. The number of carbonyl (C=O) groups is 1. The van der Waals surface area contributed by atoms with E-state index in [9.17, 15) is 4.79 Å². The topological polar surface area (TPSA) is 64.4 Å². The maximum absolute atomic E-state index is 11.9. The highest BCUT2D eigenvalue weighted by Crippen LogP contribution is 2.19. The summed E-state index contributed by atoms with van der Waals surface area (Å²) in [6.07, 6.45) is 2.59. The second-order valence-electron chi connectivity index (χ2n) is 4.95. The van der Waals surface area contributed by atoms with E-state index in [4.69, 9.17) is 10.5 Å². The third-order valence-electron chi connectivity index (χ3n) is 3.13. The first-order chi connectivity index (χ1) is 7.54. The summed E-state index contributed by atoms with van der Waals surface area (Å²) in [6, 6.07) is 0.164. The van der Waals surface area contributed by atoms with Gasteiger partial charge >= 0.3 is 0 Å². The molecule has 3 atom stereocenters. The van der Waals surface area contributed by atoms with E-state index < -0.39 is 0 Å². The summed E-state index contributed by atoms with van der Waals surface area (Å²) in [5.41, 5.74) is 5.54. The van der Waals surface area contributed by atoms with Gasteiger partial charge in [-0.2, -0.15) is 0 Å². The van der Waals surface area contributed by atoms with Crippen LogP contribution in [0.1, 0.15) is 40.0 Å². The van der Waals surface area contributed by atoms with E-state index in [1.165, 1.54) is 0 Å². The molecule has 1 heterocycles. The van der Waals surface area contributed by atoms with Crippen molar-refractivity contribution in [1.29, 1.82) is 0 Å². The van der Waals surface area contributed by atoms with Gasteiger partial charge < -0.3 is 15.8 Å². The normalized spacial score (nSPS) is 27.1. The standard InChI is InChI=1S/C12H24N2O2/c1-8(2)10(6-7-13)14-12(15)11-5-4-9(3)16-11/h8-11H,4-7,13H2,1-3H3,(H,14,15). The smallest absolute Gasteiger partial charge is 0.249 e. The summed E-state index contributed by atoms with van der Waals surface area (Å²) in [7, 11) is 0. The summed E-state index contributed by atoms with van der Waals surface area (Å²) >= 11 is 0. The van der Waals surface area contributed by atoms with E-state index >= 15 is 0 Å². The highest BCUT2D eigenvalue weighted by atomic mass is 16.5. The Hall–Kier alpha value is -0.610. The van der Waals surface area contributed by atoms with Crippen LogP contribution < -0.4 is 11.1 Å². The van der Waals surface area contributed by atoms with Crippen molar-refractivity contribution in [3.63, 3.8) is 0 Å². The number of rotatable bonds is 5. The van der Waals surface area contributed by atoms with Crippen LogP contribution in [0.25, 0.3) is 0 Å². The van der Waals surface area contributed by atoms with E-state index in [0.717, 1.165) is 19.3 Å². The fraction of sp³-hybridized carbons (Fsp3) is 0.917. The molecule has 0 spiro atoms. The molecule has 1 aliphatic rings. The van der Waals surface area contributed by atoms with Gasteiger partial charge in [-0.1, -0.05) is 13.8 Å². The number of nitrogens with one attached hydrogen (secondary N) is 1. The zero-order valence-electron chi connectivity index (χ0n) is 10.5. The zero-order chi connectivity index (χ0) is 12.1. The molecule has 4 nitrogen and oxygen atoms in total. The SMILES string of the molecule is CC1CCC(C(=O)NC(CCN)C(C)C)O1. The number of carbonyl (C=O) groups excluding carboxylic acids is 1. The number of ether oxygens (including phenoxy) is 1. The molecule has 1 fully saturated rings. The van der Waals surface area contributed by atoms with Crippen LogP contribution >= 0.6 is 0 Å². The van der Waals surface area contributed by atoms with Crippen LogP contribution in [0.3, 0.4) is 0 Å². The van der Waals surface area contributed by atoms with Crippen LogP contribution in [0.4, 0.5) is 0 Å². The molecule has 3 unspecified atom stereocenters. The Balaban J connectivity index is 2.42. The van der Waals surface area contributed by atoms with Gasteiger partial charge in [-0.3, -0.25) is 4.79 Å². The second kappa shape index (κ2) is 6.21. The number of hydrogen-bond donors (Lipinski definition) is 2. The quantitative estimate of drug-likeness (QED) is 0.739. The van der Waals surface area contributed by atoms with E-state index in [0.29, 0.717) is 12.5 Å². The van der Waals surface area contributed by atoms with Crippen LogP contribution in [0.2, 0.25) is 0 Å². The second-order valence-corrected chi connectivity index (χ2v) is 4.95. The van der Waals surface area contributed by atoms with Crippen molar-refractivity contribution in [2.24, 2.45) is 11.7 Å². The molecule has 1 saturated heterocycles. The van der Waals surface area contributed by atoms with Crippen LogP contribution in [-0.4, -0.2) is 30.7 Å². The Morgan fingerprint density at radius 3 is 2.62 bits per heavy atom. The molecule has 1 amide bonds. The zero-order valence-corrected chi connectivity index (χ0v) is 10.5. The average molecular weight is 228 g/mol. The number of amides is 1. The highest BCUT2D eigenvalue weighted by molar-refractivity contribution is 5.81. The lowest BCUT2D eigenvalue weighted by Crippen LogP contribution is -2.44. The molecule has 94 valence electrons. The fourth-order valence-electron chi connectivity index (χ4n) is 2.02. The van der Waals surface area contributed by atoms with Gasteiger partial charge in [-0.15, -0.1) is 0 Å². The van der Waals surface area contributed by atoms with Crippen molar-refractivity contribution < 1.29 is 9.53 Å². The molecule has 0 aromatic carbocycles. The minimum Gasteiger partial charge on any atom is -0.365 e. The van der Waals surface area contributed by atoms with Crippen LogP contribution in [0.5, 0.6) is 0 Å². The maximum Gasteiger partial charge on any atom is 0.249 e. The Bertz CT molecular complexity index is 231. The molecule has 1 rings (SSSR count). The highest BCUT2D eigenvalue weighted by Gasteiger charge is 2.29. The number of hydrogen-bond acceptors (Lipinski definition) is 3. The minimum absolute atomic E-state index is 0.0245. The van der Waals surface area contributed by atoms with Gasteiger partial charge in [0, 0.05) is 6.04 Å². The van der Waals surface area contributed by atoms with Crippen molar-refractivity contribution in [3.05, 3.63) is 0 Å². The van der Waals surface area contributed by atoms with Gasteiger partial charge in [0.25, 0.3) is 0 Å². The summed E-state index contributed by atoms with van der Waals surface area (Å²) in [4.78, 5) is 11.9. The molecule has 16 heavy (non-hydrogen) atoms.